The van der Waals surface area contributed by atoms with Gasteiger partial charge in [0.15, 0.2) is 0 Å². The van der Waals surface area contributed by atoms with E-state index in [-0.39, 0.29) is 0 Å². The average Bonchev–Trinajstić information content (AvgIpc) is 2.42. The third-order valence-corrected chi connectivity index (χ3v) is 3.09. The monoisotopic (exact) mass is 265 g/mol. The second kappa shape index (κ2) is 8.94. The topological polar surface area (TPSA) is 30.5 Å². The average molecular weight is 265 g/mol. The summed E-state index contributed by atoms with van der Waals surface area (Å²) in [6.45, 7) is 8.10. The van der Waals surface area contributed by atoms with E-state index in [1.54, 1.807) is 7.11 Å². The Bertz CT molecular complexity index is 352. The van der Waals surface area contributed by atoms with Crippen molar-refractivity contribution >= 4 is 0 Å². The maximum atomic E-state index is 5.54. The minimum atomic E-state index is 0.316. The Balaban J connectivity index is 2.44. The number of nitrogens with one attached hydrogen (secondary N) is 1. The zero-order valence-electron chi connectivity index (χ0n) is 12.6. The molecule has 1 rings (SSSR count). The molecule has 1 unspecified atom stereocenters. The molecular weight excluding hydrogens is 238 g/mol. The lowest BCUT2D eigenvalue weighted by Crippen LogP contribution is -2.23. The number of methoxy groups -OCH3 is 1. The third-order valence-electron chi connectivity index (χ3n) is 3.09. The van der Waals surface area contributed by atoms with Crippen molar-refractivity contribution < 1.29 is 9.47 Å². The quantitative estimate of drug-likeness (QED) is 0.693. The van der Waals surface area contributed by atoms with Gasteiger partial charge < -0.3 is 14.8 Å². The fourth-order valence-corrected chi connectivity index (χ4v) is 2.10. The van der Waals surface area contributed by atoms with E-state index in [0.29, 0.717) is 12.1 Å². The Labute approximate surface area is 117 Å². The van der Waals surface area contributed by atoms with Crippen molar-refractivity contribution in [3.05, 3.63) is 29.8 Å². The van der Waals surface area contributed by atoms with Crippen LogP contribution >= 0.6 is 0 Å². The van der Waals surface area contributed by atoms with Gasteiger partial charge in [-0.1, -0.05) is 25.1 Å². The van der Waals surface area contributed by atoms with Gasteiger partial charge in [-0.3, -0.25) is 0 Å². The summed E-state index contributed by atoms with van der Waals surface area (Å²) in [6.07, 6.45) is 2.39. The van der Waals surface area contributed by atoms with Crippen LogP contribution < -0.4 is 10.1 Å². The molecule has 0 bridgehead atoms. The van der Waals surface area contributed by atoms with Gasteiger partial charge in [0.25, 0.3) is 0 Å². The van der Waals surface area contributed by atoms with Crippen LogP contribution in [-0.2, 0) is 4.74 Å². The van der Waals surface area contributed by atoms with Crippen molar-refractivity contribution in [1.29, 1.82) is 0 Å². The van der Waals surface area contributed by atoms with Crippen molar-refractivity contribution in [2.75, 3.05) is 20.3 Å². The van der Waals surface area contributed by atoms with Crippen LogP contribution in [0.15, 0.2) is 24.3 Å². The van der Waals surface area contributed by atoms with Crippen molar-refractivity contribution in [3.63, 3.8) is 0 Å². The van der Waals surface area contributed by atoms with Crippen molar-refractivity contribution in [3.8, 4) is 5.75 Å². The largest absolute Gasteiger partial charge is 0.496 e. The summed E-state index contributed by atoms with van der Waals surface area (Å²) in [6, 6.07) is 8.55. The molecule has 0 aliphatic carbocycles. The summed E-state index contributed by atoms with van der Waals surface area (Å²) >= 11 is 0. The molecule has 0 saturated carbocycles. The predicted molar refractivity (Wildman–Crippen MR) is 79.7 cm³/mol. The Kier molecular flexibility index (Phi) is 7.53. The summed E-state index contributed by atoms with van der Waals surface area (Å²) in [5.74, 6) is 0.959. The van der Waals surface area contributed by atoms with E-state index in [9.17, 15) is 0 Å². The maximum absolute atomic E-state index is 5.54. The molecule has 1 aromatic carbocycles. The second-order valence-electron chi connectivity index (χ2n) is 4.93. The Morgan fingerprint density at radius 1 is 1.21 bits per heavy atom. The molecule has 0 aliphatic rings. The van der Waals surface area contributed by atoms with Crippen molar-refractivity contribution in [2.45, 2.75) is 45.8 Å². The van der Waals surface area contributed by atoms with Crippen LogP contribution in [0.5, 0.6) is 5.75 Å². The minimum absolute atomic E-state index is 0.316. The van der Waals surface area contributed by atoms with E-state index in [2.05, 4.69) is 38.2 Å². The van der Waals surface area contributed by atoms with E-state index >= 15 is 0 Å². The van der Waals surface area contributed by atoms with Gasteiger partial charge in [-0.05, 0) is 39.3 Å². The highest BCUT2D eigenvalue weighted by Gasteiger charge is 2.12. The van der Waals surface area contributed by atoms with Crippen LogP contribution in [0.25, 0.3) is 0 Å². The molecule has 0 amide bonds. The van der Waals surface area contributed by atoms with Crippen molar-refractivity contribution in [2.24, 2.45) is 0 Å². The molecule has 0 heterocycles. The third kappa shape index (κ3) is 5.62. The Morgan fingerprint density at radius 2 is 1.95 bits per heavy atom. The van der Waals surface area contributed by atoms with Gasteiger partial charge in [-0.2, -0.15) is 0 Å². The van der Waals surface area contributed by atoms with E-state index in [4.69, 9.17) is 9.47 Å². The van der Waals surface area contributed by atoms with Gasteiger partial charge in [0.2, 0.25) is 0 Å². The molecular formula is C16H27NO2. The number of hydrogen-bond acceptors (Lipinski definition) is 3. The molecule has 108 valence electrons. The van der Waals surface area contributed by atoms with Crippen LogP contribution in [0, 0.1) is 0 Å². The summed E-state index contributed by atoms with van der Waals surface area (Å²) in [5, 5.41) is 3.57. The molecule has 0 radical (unpaired) electrons. The zero-order chi connectivity index (χ0) is 14.1. The first-order valence-corrected chi connectivity index (χ1v) is 7.17. The maximum Gasteiger partial charge on any atom is 0.123 e. The molecule has 1 atom stereocenters. The number of ether oxygens (including phenoxy) is 2. The van der Waals surface area contributed by atoms with Crippen LogP contribution in [0.1, 0.15) is 45.2 Å². The molecule has 1 aromatic rings. The number of hydrogen-bond donors (Lipinski definition) is 1. The molecule has 0 spiro atoms. The molecule has 0 aromatic heterocycles. The highest BCUT2D eigenvalue weighted by Crippen LogP contribution is 2.26. The van der Waals surface area contributed by atoms with E-state index < -0.39 is 0 Å². The fourth-order valence-electron chi connectivity index (χ4n) is 2.10. The van der Waals surface area contributed by atoms with Crippen LogP contribution in [-0.4, -0.2) is 26.4 Å². The molecule has 0 saturated heterocycles. The summed E-state index contributed by atoms with van der Waals surface area (Å²) < 4.78 is 11.0. The summed E-state index contributed by atoms with van der Waals surface area (Å²) in [7, 11) is 1.72. The number of rotatable bonds is 9. The first kappa shape index (κ1) is 16.0. The van der Waals surface area contributed by atoms with Gasteiger partial charge in [-0.15, -0.1) is 0 Å². The fraction of sp³-hybridized carbons (Fsp3) is 0.625. The lowest BCUT2D eigenvalue weighted by atomic mass is 10.0. The highest BCUT2D eigenvalue weighted by molar-refractivity contribution is 5.35. The van der Waals surface area contributed by atoms with Crippen LogP contribution in [0.4, 0.5) is 0 Å². The van der Waals surface area contributed by atoms with Gasteiger partial charge in [-0.25, -0.2) is 0 Å². The van der Waals surface area contributed by atoms with Gasteiger partial charge >= 0.3 is 0 Å². The predicted octanol–water partition coefficient (Wildman–Crippen LogP) is 3.55. The van der Waals surface area contributed by atoms with E-state index in [0.717, 1.165) is 31.7 Å². The van der Waals surface area contributed by atoms with Crippen molar-refractivity contribution in [1.82, 2.24) is 5.32 Å². The van der Waals surface area contributed by atoms with Gasteiger partial charge in [0, 0.05) is 18.2 Å². The molecule has 1 N–H and O–H groups in total. The normalized spacial score (nSPS) is 12.7. The minimum Gasteiger partial charge on any atom is -0.496 e. The molecule has 19 heavy (non-hydrogen) atoms. The highest BCUT2D eigenvalue weighted by atomic mass is 16.5. The van der Waals surface area contributed by atoms with Crippen LogP contribution in [0.2, 0.25) is 0 Å². The first-order valence-electron chi connectivity index (χ1n) is 7.17. The van der Waals surface area contributed by atoms with E-state index in [1.165, 1.54) is 5.56 Å². The Morgan fingerprint density at radius 3 is 2.58 bits per heavy atom. The molecule has 0 aliphatic heterocycles. The second-order valence-corrected chi connectivity index (χ2v) is 4.93. The smallest absolute Gasteiger partial charge is 0.123 e. The number of para-hydroxylation sites is 1. The standard InChI is InChI=1S/C16H27NO2/c1-5-15(17-11-8-12-19-13(2)3)14-9-6-7-10-16(14)18-4/h6-7,9-10,13,15,17H,5,8,11-12H2,1-4H3. The Hall–Kier alpha value is -1.06. The molecule has 3 heteroatoms. The number of benzene rings is 1. The van der Waals surface area contributed by atoms with Gasteiger partial charge in [0.05, 0.1) is 13.2 Å². The molecule has 3 nitrogen and oxygen atoms in total. The molecule has 0 fully saturated rings. The van der Waals surface area contributed by atoms with Gasteiger partial charge in [0.1, 0.15) is 5.75 Å². The lowest BCUT2D eigenvalue weighted by molar-refractivity contribution is 0.0766. The summed E-state index contributed by atoms with van der Waals surface area (Å²) in [5.41, 5.74) is 1.23. The van der Waals surface area contributed by atoms with E-state index in [1.807, 2.05) is 12.1 Å². The SMILES string of the molecule is CCC(NCCCOC(C)C)c1ccccc1OC. The van der Waals surface area contributed by atoms with Crippen LogP contribution in [0.3, 0.4) is 0 Å². The lowest BCUT2D eigenvalue weighted by Gasteiger charge is -2.20. The summed E-state index contributed by atoms with van der Waals surface area (Å²) in [4.78, 5) is 0. The first-order chi connectivity index (χ1) is 9.19. The zero-order valence-corrected chi connectivity index (χ0v) is 12.6.